The number of ether oxygens (including phenoxy) is 2. The van der Waals surface area contributed by atoms with E-state index in [4.69, 9.17) is 9.47 Å². The van der Waals surface area contributed by atoms with Crippen molar-refractivity contribution in [2.24, 2.45) is 5.92 Å². The lowest BCUT2D eigenvalue weighted by molar-refractivity contribution is -0.153. The highest BCUT2D eigenvalue weighted by Crippen LogP contribution is 2.18. The van der Waals surface area contributed by atoms with Crippen LogP contribution in [0, 0.1) is 5.92 Å². The molecule has 0 saturated heterocycles. The van der Waals surface area contributed by atoms with Gasteiger partial charge in [0.2, 0.25) is 0 Å². The van der Waals surface area contributed by atoms with Crippen molar-refractivity contribution in [3.8, 4) is 0 Å². The summed E-state index contributed by atoms with van der Waals surface area (Å²) < 4.78 is 11.3. The smallest absolute Gasteiger partial charge is 0.313 e. The minimum absolute atomic E-state index is 0.0887. The van der Waals surface area contributed by atoms with Crippen molar-refractivity contribution in [1.29, 1.82) is 0 Å². The number of hydrogen-bond acceptors (Lipinski definition) is 4. The van der Waals surface area contributed by atoms with Gasteiger partial charge in [-0.05, 0) is 25.7 Å². The molecule has 344 valence electrons. The topological polar surface area (TPSA) is 52.6 Å². The number of hydrogen-bond donors (Lipinski definition) is 0. The van der Waals surface area contributed by atoms with E-state index in [0.717, 1.165) is 38.5 Å². The molecule has 0 aliphatic carbocycles. The van der Waals surface area contributed by atoms with Gasteiger partial charge < -0.3 is 9.47 Å². The summed E-state index contributed by atoms with van der Waals surface area (Å²) >= 11 is 0. The summed E-state index contributed by atoms with van der Waals surface area (Å²) in [4.78, 5) is 25.9. The van der Waals surface area contributed by atoms with Crippen LogP contribution in [0.3, 0.4) is 0 Å². The van der Waals surface area contributed by atoms with Crippen LogP contribution >= 0.6 is 0 Å². The van der Waals surface area contributed by atoms with Gasteiger partial charge in [-0.2, -0.15) is 0 Å². The molecule has 0 aromatic heterocycles. The fraction of sp³-hybridized carbons (Fsp3) is 0.926. The molecule has 0 aromatic carbocycles. The number of unbranched alkanes of at least 4 members (excludes halogenated alkanes) is 40. The molecule has 0 spiro atoms. The predicted octanol–water partition coefficient (Wildman–Crippen LogP) is 18.5. The van der Waals surface area contributed by atoms with Crippen LogP contribution in [0.5, 0.6) is 0 Å². The lowest BCUT2D eigenvalue weighted by Gasteiger charge is -2.13. The second-order valence-corrected chi connectivity index (χ2v) is 18.2. The third-order valence-electron chi connectivity index (χ3n) is 12.3. The quantitative estimate of drug-likeness (QED) is 0.0349. The number of carbonyl (C=O) groups is 2. The van der Waals surface area contributed by atoms with Crippen molar-refractivity contribution in [3.63, 3.8) is 0 Å². The fourth-order valence-electron chi connectivity index (χ4n) is 8.24. The van der Waals surface area contributed by atoms with E-state index in [1.165, 1.54) is 238 Å². The average molecular weight is 817 g/mol. The highest BCUT2D eigenvalue weighted by molar-refractivity contribution is 5.81. The molecule has 0 saturated carbocycles. The van der Waals surface area contributed by atoms with Crippen molar-refractivity contribution >= 4 is 11.9 Å². The van der Waals surface area contributed by atoms with Gasteiger partial charge in [-0.1, -0.05) is 283 Å². The second-order valence-electron chi connectivity index (χ2n) is 18.2. The van der Waals surface area contributed by atoms with Crippen LogP contribution in [0.25, 0.3) is 0 Å². The maximum atomic E-state index is 13.1. The van der Waals surface area contributed by atoms with Crippen molar-refractivity contribution in [2.45, 2.75) is 303 Å². The molecule has 0 heterocycles. The molecule has 4 nitrogen and oxygen atoms in total. The van der Waals surface area contributed by atoms with Gasteiger partial charge in [0.25, 0.3) is 0 Å². The number of rotatable bonds is 49. The molecule has 0 amide bonds. The van der Waals surface area contributed by atoms with Gasteiger partial charge in [-0.25, -0.2) is 0 Å². The Kier molecular flexibility index (Phi) is 48.9. The van der Waals surface area contributed by atoms with Gasteiger partial charge in [0.15, 0.2) is 0 Å². The van der Waals surface area contributed by atoms with E-state index in [2.05, 4.69) is 26.8 Å². The Morgan fingerprint density at radius 1 is 0.345 bits per heavy atom. The molecular formula is C54H104O4. The first-order valence-corrected chi connectivity index (χ1v) is 26.6. The molecule has 0 aliphatic heterocycles. The average Bonchev–Trinajstić information content (AvgIpc) is 3.22. The van der Waals surface area contributed by atoms with E-state index in [9.17, 15) is 9.59 Å². The first-order valence-electron chi connectivity index (χ1n) is 26.6. The lowest BCUT2D eigenvalue weighted by Crippen LogP contribution is -2.21. The van der Waals surface area contributed by atoms with Gasteiger partial charge in [0, 0.05) is 0 Å². The zero-order valence-corrected chi connectivity index (χ0v) is 39.9. The molecule has 0 radical (unpaired) electrons. The summed E-state index contributed by atoms with van der Waals surface area (Å²) in [5.41, 5.74) is 0. The van der Waals surface area contributed by atoms with E-state index >= 15 is 0 Å². The third-order valence-corrected chi connectivity index (χ3v) is 12.3. The summed E-state index contributed by atoms with van der Waals surface area (Å²) in [6, 6.07) is 0. The van der Waals surface area contributed by atoms with E-state index in [0.29, 0.717) is 13.2 Å². The highest BCUT2D eigenvalue weighted by atomic mass is 16.5. The van der Waals surface area contributed by atoms with Crippen LogP contribution < -0.4 is 0 Å². The monoisotopic (exact) mass is 817 g/mol. The van der Waals surface area contributed by atoms with Gasteiger partial charge in [-0.3, -0.25) is 9.59 Å². The molecule has 1 atom stereocenters. The third kappa shape index (κ3) is 45.8. The molecule has 4 heteroatoms. The normalized spacial score (nSPS) is 12.1. The van der Waals surface area contributed by atoms with E-state index in [1.54, 1.807) is 0 Å². The van der Waals surface area contributed by atoms with Gasteiger partial charge in [0.05, 0.1) is 25.6 Å². The van der Waals surface area contributed by atoms with Crippen LogP contribution in [-0.4, -0.2) is 25.2 Å². The van der Waals surface area contributed by atoms with Gasteiger partial charge >= 0.3 is 11.9 Å². The van der Waals surface area contributed by atoms with E-state index in [1.807, 2.05) is 6.08 Å². The number of allylic oxidation sites excluding steroid dienone is 1. The van der Waals surface area contributed by atoms with Crippen molar-refractivity contribution in [1.82, 2.24) is 0 Å². The molecule has 0 bridgehead atoms. The number of esters is 2. The Labute approximate surface area is 364 Å². The summed E-state index contributed by atoms with van der Waals surface area (Å²) in [7, 11) is 0. The molecule has 0 rings (SSSR count). The van der Waals surface area contributed by atoms with E-state index < -0.39 is 5.92 Å². The second kappa shape index (κ2) is 50.0. The zero-order chi connectivity index (χ0) is 42.1. The Hall–Kier alpha value is -1.32. The first kappa shape index (κ1) is 56.7. The van der Waals surface area contributed by atoms with Crippen molar-refractivity contribution < 1.29 is 19.1 Å². The lowest BCUT2D eigenvalue weighted by atomic mass is 10.0. The highest BCUT2D eigenvalue weighted by Gasteiger charge is 2.21. The summed E-state index contributed by atoms with van der Waals surface area (Å²) in [5, 5.41) is 0. The standard InChI is InChI=1S/C54H104O4/c1-4-7-10-13-16-19-22-25-28-29-30-33-36-39-42-45-48-52(54(56)58-50-47-44-41-38-35-32-27-24-21-18-15-12-9-6-3)51-53(55)57-49-46-43-40-37-34-31-26-23-20-17-14-11-8-5-2/h45,48,52H,4-44,46-47,49-51H2,1-3H3. The maximum absolute atomic E-state index is 13.1. The Bertz CT molecular complexity index is 837. The van der Waals surface area contributed by atoms with Crippen LogP contribution in [0.4, 0.5) is 0 Å². The molecule has 0 fully saturated rings. The van der Waals surface area contributed by atoms with Crippen molar-refractivity contribution in [3.05, 3.63) is 12.2 Å². The summed E-state index contributed by atoms with van der Waals surface area (Å²) in [6.45, 7) is 7.76. The van der Waals surface area contributed by atoms with Crippen LogP contribution in [-0.2, 0) is 19.1 Å². The Morgan fingerprint density at radius 3 is 0.914 bits per heavy atom. The largest absolute Gasteiger partial charge is 0.466 e. The summed E-state index contributed by atoms with van der Waals surface area (Å²) in [5.74, 6) is -1.07. The number of carbonyl (C=O) groups excluding carboxylic acids is 2. The maximum Gasteiger partial charge on any atom is 0.313 e. The molecular weight excluding hydrogens is 713 g/mol. The predicted molar refractivity (Wildman–Crippen MR) is 255 cm³/mol. The minimum Gasteiger partial charge on any atom is -0.466 e. The van der Waals surface area contributed by atoms with Crippen LogP contribution in [0.2, 0.25) is 0 Å². The Morgan fingerprint density at radius 2 is 0.603 bits per heavy atom. The summed E-state index contributed by atoms with van der Waals surface area (Å²) in [6.07, 6.45) is 60.7. The van der Waals surface area contributed by atoms with Crippen LogP contribution in [0.1, 0.15) is 303 Å². The van der Waals surface area contributed by atoms with Crippen LogP contribution in [0.15, 0.2) is 12.2 Å². The fourth-order valence-corrected chi connectivity index (χ4v) is 8.24. The molecule has 0 aliphatic rings. The molecule has 1 unspecified atom stereocenters. The van der Waals surface area contributed by atoms with Crippen molar-refractivity contribution in [2.75, 3.05) is 13.2 Å². The van der Waals surface area contributed by atoms with Gasteiger partial charge in [0.1, 0.15) is 0 Å². The van der Waals surface area contributed by atoms with E-state index in [-0.39, 0.29) is 18.4 Å². The molecule has 58 heavy (non-hydrogen) atoms. The minimum atomic E-state index is -0.540. The van der Waals surface area contributed by atoms with Gasteiger partial charge in [-0.15, -0.1) is 0 Å². The zero-order valence-electron chi connectivity index (χ0n) is 39.9. The molecule has 0 aromatic rings. The molecule has 0 N–H and O–H groups in total. The SMILES string of the molecule is CCCCCCCCCCCCCCCCC=CC(CC(=O)OCCCCCCCCCCCCCCCC)C(=O)OCCCCCCCCCCCCCCCC. The Balaban J connectivity index is 4.27. The first-order chi connectivity index (χ1) is 28.7.